The molecule has 3 aromatic rings. The van der Waals surface area contributed by atoms with Crippen molar-refractivity contribution in [2.45, 2.75) is 6.54 Å². The molecule has 0 aliphatic carbocycles. The van der Waals surface area contributed by atoms with Crippen molar-refractivity contribution in [3.63, 3.8) is 0 Å². The van der Waals surface area contributed by atoms with Gasteiger partial charge in [0.1, 0.15) is 6.33 Å². The number of aromatic nitrogens is 5. The maximum atomic E-state index is 4.28. The fourth-order valence-electron chi connectivity index (χ4n) is 3.02. The Morgan fingerprint density at radius 3 is 2.74 bits per heavy atom. The van der Waals surface area contributed by atoms with Crippen molar-refractivity contribution in [3.8, 4) is 0 Å². The number of aryl methyl sites for hydroxylation is 1. The molecule has 1 aliphatic rings. The first-order valence-corrected chi connectivity index (χ1v) is 7.80. The molecule has 1 aromatic carbocycles. The highest BCUT2D eigenvalue weighted by molar-refractivity contribution is 5.81. The van der Waals surface area contributed by atoms with Crippen LogP contribution in [0.5, 0.6) is 0 Å². The fourth-order valence-corrected chi connectivity index (χ4v) is 3.02. The molecule has 4 rings (SSSR count). The zero-order valence-electron chi connectivity index (χ0n) is 13.1. The summed E-state index contributed by atoms with van der Waals surface area (Å²) in [7, 11) is 1.94. The molecule has 0 unspecified atom stereocenters. The first kappa shape index (κ1) is 14.1. The lowest BCUT2D eigenvalue weighted by molar-refractivity contribution is 0.244. The van der Waals surface area contributed by atoms with Gasteiger partial charge in [0.25, 0.3) is 0 Å². The van der Waals surface area contributed by atoms with Crippen molar-refractivity contribution in [1.29, 1.82) is 0 Å². The maximum Gasteiger partial charge on any atom is 0.116 e. The minimum absolute atomic E-state index is 0.906. The molecule has 23 heavy (non-hydrogen) atoms. The summed E-state index contributed by atoms with van der Waals surface area (Å²) in [6.45, 7) is 5.01. The summed E-state index contributed by atoms with van der Waals surface area (Å²) >= 11 is 0. The van der Waals surface area contributed by atoms with Crippen LogP contribution in [0.4, 0.5) is 5.69 Å². The fraction of sp³-hybridized carbons (Fsp3) is 0.375. The molecule has 0 amide bonds. The topological polar surface area (TPSA) is 63.0 Å². The number of fused-ring (bicyclic) bond motifs is 1. The smallest absolute Gasteiger partial charge is 0.116 e. The second-order valence-electron chi connectivity index (χ2n) is 5.88. The van der Waals surface area contributed by atoms with Crippen LogP contribution in [0.3, 0.4) is 0 Å². The van der Waals surface area contributed by atoms with Crippen LogP contribution in [-0.4, -0.2) is 56.0 Å². The molecule has 0 N–H and O–H groups in total. The van der Waals surface area contributed by atoms with Crippen LogP contribution in [0.2, 0.25) is 0 Å². The van der Waals surface area contributed by atoms with E-state index >= 15 is 0 Å². The molecule has 0 atom stereocenters. The minimum atomic E-state index is 0.906. The molecule has 2 aromatic heterocycles. The molecule has 1 fully saturated rings. The molecule has 0 saturated carbocycles. The van der Waals surface area contributed by atoms with Crippen molar-refractivity contribution >= 4 is 16.6 Å². The third-order valence-electron chi connectivity index (χ3n) is 4.42. The molecule has 1 aliphatic heterocycles. The van der Waals surface area contributed by atoms with Gasteiger partial charge in [0, 0.05) is 57.0 Å². The van der Waals surface area contributed by atoms with Crippen molar-refractivity contribution in [2.24, 2.45) is 7.05 Å². The van der Waals surface area contributed by atoms with Gasteiger partial charge in [0.15, 0.2) is 0 Å². The zero-order chi connectivity index (χ0) is 15.6. The van der Waals surface area contributed by atoms with Gasteiger partial charge in [0.2, 0.25) is 0 Å². The van der Waals surface area contributed by atoms with Gasteiger partial charge in [-0.25, -0.2) is 9.97 Å². The quantitative estimate of drug-likeness (QED) is 0.721. The van der Waals surface area contributed by atoms with E-state index in [0.717, 1.165) is 49.3 Å². The number of nitrogens with zero attached hydrogens (tertiary/aromatic N) is 7. The lowest BCUT2D eigenvalue weighted by Crippen LogP contribution is -2.46. The third-order valence-corrected chi connectivity index (χ3v) is 4.42. The maximum absolute atomic E-state index is 4.28. The second-order valence-corrected chi connectivity index (χ2v) is 5.88. The van der Waals surface area contributed by atoms with Crippen LogP contribution in [-0.2, 0) is 13.6 Å². The van der Waals surface area contributed by atoms with E-state index in [1.165, 1.54) is 5.69 Å². The van der Waals surface area contributed by atoms with E-state index in [1.807, 2.05) is 24.1 Å². The number of benzene rings is 1. The van der Waals surface area contributed by atoms with Crippen molar-refractivity contribution < 1.29 is 0 Å². The lowest BCUT2D eigenvalue weighted by atomic mass is 10.2. The van der Waals surface area contributed by atoms with E-state index in [4.69, 9.17) is 0 Å². The Morgan fingerprint density at radius 2 is 1.96 bits per heavy atom. The van der Waals surface area contributed by atoms with E-state index in [2.05, 4.69) is 48.3 Å². The van der Waals surface area contributed by atoms with Gasteiger partial charge in [-0.2, -0.15) is 0 Å². The molecule has 0 spiro atoms. The predicted molar refractivity (Wildman–Crippen MR) is 88.0 cm³/mol. The molecular weight excluding hydrogens is 290 g/mol. The van der Waals surface area contributed by atoms with Crippen LogP contribution in [0, 0.1) is 0 Å². The molecule has 3 heterocycles. The Kier molecular flexibility index (Phi) is 3.63. The summed E-state index contributed by atoms with van der Waals surface area (Å²) in [4.78, 5) is 13.3. The first-order chi connectivity index (χ1) is 11.3. The highest BCUT2D eigenvalue weighted by Gasteiger charge is 2.18. The van der Waals surface area contributed by atoms with Crippen molar-refractivity contribution in [2.75, 3.05) is 31.1 Å². The summed E-state index contributed by atoms with van der Waals surface area (Å²) < 4.78 is 1.84. The largest absolute Gasteiger partial charge is 0.369 e. The Morgan fingerprint density at radius 1 is 1.09 bits per heavy atom. The van der Waals surface area contributed by atoms with E-state index in [9.17, 15) is 0 Å². The summed E-state index contributed by atoms with van der Waals surface area (Å²) in [5.74, 6) is 0. The molecular formula is C16H19N7. The van der Waals surface area contributed by atoms with Crippen molar-refractivity contribution in [3.05, 3.63) is 42.6 Å². The van der Waals surface area contributed by atoms with Crippen LogP contribution >= 0.6 is 0 Å². The third kappa shape index (κ3) is 2.87. The lowest BCUT2D eigenvalue weighted by Gasteiger charge is -2.36. The monoisotopic (exact) mass is 309 g/mol. The van der Waals surface area contributed by atoms with Crippen LogP contribution in [0.1, 0.15) is 5.69 Å². The zero-order valence-corrected chi connectivity index (χ0v) is 13.1. The number of anilines is 1. The van der Waals surface area contributed by atoms with E-state index in [-0.39, 0.29) is 0 Å². The number of hydrogen-bond acceptors (Lipinski definition) is 6. The molecule has 118 valence electrons. The Balaban J connectivity index is 1.43. The van der Waals surface area contributed by atoms with Gasteiger partial charge >= 0.3 is 0 Å². The minimum Gasteiger partial charge on any atom is -0.369 e. The Labute approximate surface area is 134 Å². The van der Waals surface area contributed by atoms with Crippen LogP contribution < -0.4 is 4.90 Å². The van der Waals surface area contributed by atoms with Gasteiger partial charge in [-0.15, -0.1) is 5.10 Å². The number of piperazine rings is 1. The second kappa shape index (κ2) is 5.92. The summed E-state index contributed by atoms with van der Waals surface area (Å²) in [5.41, 5.74) is 3.39. The van der Waals surface area contributed by atoms with Crippen LogP contribution in [0.25, 0.3) is 10.9 Å². The summed E-state index contributed by atoms with van der Waals surface area (Å²) in [6, 6.07) is 6.39. The van der Waals surface area contributed by atoms with E-state index in [0.29, 0.717) is 0 Å². The summed E-state index contributed by atoms with van der Waals surface area (Å²) in [5, 5.41) is 9.03. The average Bonchev–Trinajstić information content (AvgIpc) is 3.00. The molecule has 7 heteroatoms. The highest BCUT2D eigenvalue weighted by Crippen LogP contribution is 2.21. The standard InChI is InChI=1S/C16H19N7/c1-21-15(10-19-20-21)11-22-4-6-23(7-5-22)14-2-3-16-13(8-14)9-17-12-18-16/h2-3,8-10,12H,4-7,11H2,1H3. The highest BCUT2D eigenvalue weighted by atomic mass is 15.4. The van der Waals surface area contributed by atoms with Crippen molar-refractivity contribution in [1.82, 2.24) is 29.9 Å². The normalized spacial score (nSPS) is 16.1. The predicted octanol–water partition coefficient (Wildman–Crippen LogP) is 1.08. The SMILES string of the molecule is Cn1nncc1CN1CCN(c2ccc3ncncc3c2)CC1. The molecule has 1 saturated heterocycles. The van der Waals surface area contributed by atoms with Crippen LogP contribution in [0.15, 0.2) is 36.9 Å². The van der Waals surface area contributed by atoms with E-state index < -0.39 is 0 Å². The Bertz CT molecular complexity index is 805. The van der Waals surface area contributed by atoms with Gasteiger partial charge in [0.05, 0.1) is 17.4 Å². The van der Waals surface area contributed by atoms with Gasteiger partial charge in [-0.05, 0) is 18.2 Å². The van der Waals surface area contributed by atoms with E-state index in [1.54, 1.807) is 6.33 Å². The Hall–Kier alpha value is -2.54. The number of hydrogen-bond donors (Lipinski definition) is 0. The molecule has 7 nitrogen and oxygen atoms in total. The average molecular weight is 309 g/mol. The molecule has 0 bridgehead atoms. The number of rotatable bonds is 3. The van der Waals surface area contributed by atoms with Gasteiger partial charge in [-0.3, -0.25) is 9.58 Å². The summed E-state index contributed by atoms with van der Waals surface area (Å²) in [6.07, 6.45) is 5.31. The van der Waals surface area contributed by atoms with Gasteiger partial charge < -0.3 is 4.90 Å². The molecule has 0 radical (unpaired) electrons. The first-order valence-electron chi connectivity index (χ1n) is 7.80. The van der Waals surface area contributed by atoms with Gasteiger partial charge in [-0.1, -0.05) is 5.21 Å².